The molecule has 0 aromatic heterocycles. The van der Waals surface area contributed by atoms with E-state index in [9.17, 15) is 0 Å². The molecule has 0 unspecified atom stereocenters. The van der Waals surface area contributed by atoms with Crippen molar-refractivity contribution in [3.05, 3.63) is 0 Å². The first-order valence-corrected chi connectivity index (χ1v) is 6.21. The maximum Gasteiger partial charge on any atom is 0.0598 e. The quantitative estimate of drug-likeness (QED) is 0.700. The Bertz CT molecular complexity index is 203. The highest BCUT2D eigenvalue weighted by Crippen LogP contribution is 2.44. The van der Waals surface area contributed by atoms with Crippen molar-refractivity contribution in [2.24, 2.45) is 11.3 Å². The highest BCUT2D eigenvalue weighted by Gasteiger charge is 2.41. The molecule has 0 N–H and O–H groups in total. The lowest BCUT2D eigenvalue weighted by Crippen LogP contribution is -2.45. The standard InChI is InChI=1S/C13H24O2/c1-12(2,3)15-8-11-4-6-13(7-5-11)9-14-10-13/h11H,4-10H2,1-3H3. The summed E-state index contributed by atoms with van der Waals surface area (Å²) in [4.78, 5) is 0. The minimum atomic E-state index is 0.0225. The Morgan fingerprint density at radius 2 is 1.80 bits per heavy atom. The maximum absolute atomic E-state index is 5.86. The van der Waals surface area contributed by atoms with E-state index in [0.717, 1.165) is 25.7 Å². The number of hydrogen-bond acceptors (Lipinski definition) is 2. The fourth-order valence-electron chi connectivity index (χ4n) is 2.50. The van der Waals surface area contributed by atoms with Gasteiger partial charge in [-0.05, 0) is 52.4 Å². The third kappa shape index (κ3) is 2.94. The van der Waals surface area contributed by atoms with Crippen LogP contribution in [0.1, 0.15) is 46.5 Å². The second-order valence-corrected chi connectivity index (χ2v) is 6.36. The molecule has 0 aromatic rings. The first kappa shape index (κ1) is 11.4. The summed E-state index contributed by atoms with van der Waals surface area (Å²) in [5.41, 5.74) is 0.604. The van der Waals surface area contributed by atoms with E-state index < -0.39 is 0 Å². The monoisotopic (exact) mass is 212 g/mol. The smallest absolute Gasteiger partial charge is 0.0598 e. The van der Waals surface area contributed by atoms with Gasteiger partial charge in [0.15, 0.2) is 0 Å². The largest absolute Gasteiger partial charge is 0.380 e. The summed E-state index contributed by atoms with van der Waals surface area (Å²) in [6.07, 6.45) is 5.37. The van der Waals surface area contributed by atoms with Crippen LogP contribution in [0.15, 0.2) is 0 Å². The van der Waals surface area contributed by atoms with E-state index in [1.165, 1.54) is 25.7 Å². The third-order valence-electron chi connectivity index (χ3n) is 3.73. The van der Waals surface area contributed by atoms with Crippen molar-refractivity contribution in [2.75, 3.05) is 19.8 Å². The van der Waals surface area contributed by atoms with Gasteiger partial charge in [-0.3, -0.25) is 0 Å². The number of rotatable bonds is 2. The Balaban J connectivity index is 1.69. The van der Waals surface area contributed by atoms with Crippen molar-refractivity contribution in [1.82, 2.24) is 0 Å². The van der Waals surface area contributed by atoms with Crippen LogP contribution in [0.4, 0.5) is 0 Å². The van der Waals surface area contributed by atoms with Gasteiger partial charge in [0, 0.05) is 5.41 Å². The minimum absolute atomic E-state index is 0.0225. The summed E-state index contributed by atoms with van der Waals surface area (Å²) < 4.78 is 11.2. The van der Waals surface area contributed by atoms with E-state index in [1.54, 1.807) is 0 Å². The van der Waals surface area contributed by atoms with Gasteiger partial charge in [0.25, 0.3) is 0 Å². The molecule has 0 radical (unpaired) electrons. The SMILES string of the molecule is CC(C)(C)OCC1CCC2(CC1)COC2. The first-order valence-electron chi connectivity index (χ1n) is 6.21. The molecule has 1 aliphatic heterocycles. The molecule has 88 valence electrons. The molecule has 2 aliphatic rings. The van der Waals surface area contributed by atoms with Gasteiger partial charge in [-0.1, -0.05) is 0 Å². The van der Waals surface area contributed by atoms with Crippen molar-refractivity contribution in [1.29, 1.82) is 0 Å². The first-order chi connectivity index (χ1) is 6.99. The molecule has 0 atom stereocenters. The fraction of sp³-hybridized carbons (Fsp3) is 1.00. The van der Waals surface area contributed by atoms with Gasteiger partial charge >= 0.3 is 0 Å². The van der Waals surface area contributed by atoms with Crippen LogP contribution in [-0.4, -0.2) is 25.4 Å². The van der Waals surface area contributed by atoms with Gasteiger partial charge in [-0.25, -0.2) is 0 Å². The summed E-state index contributed by atoms with van der Waals surface area (Å²) >= 11 is 0. The fourth-order valence-corrected chi connectivity index (χ4v) is 2.50. The van der Waals surface area contributed by atoms with Crippen LogP contribution in [0, 0.1) is 11.3 Å². The summed E-state index contributed by atoms with van der Waals surface area (Å²) in [5.74, 6) is 0.787. The Hall–Kier alpha value is -0.0800. The van der Waals surface area contributed by atoms with Crippen LogP contribution in [-0.2, 0) is 9.47 Å². The normalized spacial score (nSPS) is 26.6. The number of hydrogen-bond donors (Lipinski definition) is 0. The average molecular weight is 212 g/mol. The van der Waals surface area contributed by atoms with Crippen molar-refractivity contribution >= 4 is 0 Å². The molecule has 1 saturated heterocycles. The topological polar surface area (TPSA) is 18.5 Å². The van der Waals surface area contributed by atoms with E-state index in [1.807, 2.05) is 0 Å². The molecular formula is C13H24O2. The number of ether oxygens (including phenoxy) is 2. The molecule has 1 heterocycles. The van der Waals surface area contributed by atoms with Gasteiger partial charge in [0.05, 0.1) is 25.4 Å². The second kappa shape index (κ2) is 4.06. The Kier molecular flexibility index (Phi) is 3.09. The molecule has 2 nitrogen and oxygen atoms in total. The molecule has 0 bridgehead atoms. The molecule has 1 saturated carbocycles. The lowest BCUT2D eigenvalue weighted by Gasteiger charge is -2.46. The van der Waals surface area contributed by atoms with Crippen LogP contribution in [0.2, 0.25) is 0 Å². The van der Waals surface area contributed by atoms with Crippen molar-refractivity contribution < 1.29 is 9.47 Å². The molecule has 2 fully saturated rings. The van der Waals surface area contributed by atoms with Gasteiger partial charge < -0.3 is 9.47 Å². The molecule has 1 spiro atoms. The van der Waals surface area contributed by atoms with Crippen molar-refractivity contribution in [3.63, 3.8) is 0 Å². The molecular weight excluding hydrogens is 188 g/mol. The average Bonchev–Trinajstić information content (AvgIpc) is 2.12. The zero-order valence-corrected chi connectivity index (χ0v) is 10.3. The molecule has 1 aliphatic carbocycles. The maximum atomic E-state index is 5.86. The van der Waals surface area contributed by atoms with E-state index >= 15 is 0 Å². The summed E-state index contributed by atoms with van der Waals surface area (Å²) in [5, 5.41) is 0. The van der Waals surface area contributed by atoms with Crippen molar-refractivity contribution in [3.8, 4) is 0 Å². The second-order valence-electron chi connectivity index (χ2n) is 6.36. The Morgan fingerprint density at radius 1 is 1.20 bits per heavy atom. The molecule has 0 amide bonds. The van der Waals surface area contributed by atoms with Gasteiger partial charge in [0.1, 0.15) is 0 Å². The van der Waals surface area contributed by atoms with E-state index in [0.29, 0.717) is 5.41 Å². The van der Waals surface area contributed by atoms with Crippen LogP contribution in [0.5, 0.6) is 0 Å². The van der Waals surface area contributed by atoms with Gasteiger partial charge in [0.2, 0.25) is 0 Å². The molecule has 2 heteroatoms. The van der Waals surface area contributed by atoms with Gasteiger partial charge in [-0.15, -0.1) is 0 Å². The molecule has 2 rings (SSSR count). The summed E-state index contributed by atoms with van der Waals surface area (Å²) in [7, 11) is 0. The van der Waals surface area contributed by atoms with E-state index in [-0.39, 0.29) is 5.60 Å². The zero-order chi connectivity index (χ0) is 10.9. The molecule has 15 heavy (non-hydrogen) atoms. The highest BCUT2D eigenvalue weighted by atomic mass is 16.5. The Morgan fingerprint density at radius 3 is 2.20 bits per heavy atom. The van der Waals surface area contributed by atoms with Crippen LogP contribution < -0.4 is 0 Å². The summed E-state index contributed by atoms with van der Waals surface area (Å²) in [6, 6.07) is 0. The molecule has 0 aromatic carbocycles. The van der Waals surface area contributed by atoms with Crippen LogP contribution >= 0.6 is 0 Å². The third-order valence-corrected chi connectivity index (χ3v) is 3.73. The van der Waals surface area contributed by atoms with E-state index in [4.69, 9.17) is 9.47 Å². The predicted molar refractivity (Wildman–Crippen MR) is 60.9 cm³/mol. The highest BCUT2D eigenvalue weighted by molar-refractivity contribution is 4.90. The van der Waals surface area contributed by atoms with Gasteiger partial charge in [-0.2, -0.15) is 0 Å². The lowest BCUT2D eigenvalue weighted by molar-refractivity contribution is -0.142. The van der Waals surface area contributed by atoms with Crippen LogP contribution in [0.3, 0.4) is 0 Å². The predicted octanol–water partition coefficient (Wildman–Crippen LogP) is 3.01. The van der Waals surface area contributed by atoms with E-state index in [2.05, 4.69) is 20.8 Å². The Labute approximate surface area is 93.3 Å². The summed E-state index contributed by atoms with van der Waals surface area (Å²) in [6.45, 7) is 9.38. The van der Waals surface area contributed by atoms with Crippen molar-refractivity contribution in [2.45, 2.75) is 52.1 Å². The lowest BCUT2D eigenvalue weighted by atomic mass is 9.69. The zero-order valence-electron chi connectivity index (χ0n) is 10.3. The minimum Gasteiger partial charge on any atom is -0.380 e. The van der Waals surface area contributed by atoms with Crippen LogP contribution in [0.25, 0.3) is 0 Å².